The summed E-state index contributed by atoms with van der Waals surface area (Å²) in [6, 6.07) is 7.02. The fraction of sp³-hybridized carbons (Fsp3) is 0.500. The summed E-state index contributed by atoms with van der Waals surface area (Å²) < 4.78 is 33.5. The van der Waals surface area contributed by atoms with E-state index in [2.05, 4.69) is 0 Å². The van der Waals surface area contributed by atoms with Gasteiger partial charge >= 0.3 is 5.97 Å². The molecule has 0 saturated heterocycles. The van der Waals surface area contributed by atoms with Gasteiger partial charge in [0.1, 0.15) is 5.60 Å². The molecule has 0 saturated carbocycles. The van der Waals surface area contributed by atoms with Gasteiger partial charge in [-0.25, -0.2) is 0 Å². The van der Waals surface area contributed by atoms with Crippen molar-refractivity contribution in [3.8, 4) is 28.7 Å². The third kappa shape index (κ3) is 4.46. The van der Waals surface area contributed by atoms with Crippen LogP contribution < -0.4 is 23.7 Å². The van der Waals surface area contributed by atoms with Crippen molar-refractivity contribution >= 4 is 5.97 Å². The van der Waals surface area contributed by atoms with Gasteiger partial charge in [0.05, 0.1) is 33.4 Å². The molecule has 0 spiro atoms. The number of benzene rings is 2. The van der Waals surface area contributed by atoms with Crippen LogP contribution in [0.3, 0.4) is 0 Å². The number of aliphatic hydroxyl groups excluding tert-OH is 2. The number of aliphatic hydroxyl groups is 2. The van der Waals surface area contributed by atoms with Gasteiger partial charge in [0.25, 0.3) is 0 Å². The maximum Gasteiger partial charge on any atom is 0.310 e. The van der Waals surface area contributed by atoms with Gasteiger partial charge < -0.3 is 38.6 Å². The molecule has 0 aromatic heterocycles. The predicted octanol–water partition coefficient (Wildman–Crippen LogP) is 3.19. The smallest absolute Gasteiger partial charge is 0.310 e. The Labute approximate surface area is 204 Å². The van der Waals surface area contributed by atoms with Gasteiger partial charge in [-0.1, -0.05) is 0 Å². The van der Waals surface area contributed by atoms with E-state index in [0.29, 0.717) is 45.4 Å². The van der Waals surface area contributed by atoms with Crippen LogP contribution in [0.15, 0.2) is 24.3 Å². The van der Waals surface area contributed by atoms with E-state index in [9.17, 15) is 15.0 Å². The monoisotopic (exact) mass is 488 g/mol. The largest absolute Gasteiger partial charge is 0.493 e. The van der Waals surface area contributed by atoms with E-state index in [1.54, 1.807) is 45.0 Å². The lowest BCUT2D eigenvalue weighted by Crippen LogP contribution is -2.43. The molecule has 2 aromatic rings. The van der Waals surface area contributed by atoms with Gasteiger partial charge in [-0.3, -0.25) is 4.79 Å². The quantitative estimate of drug-likeness (QED) is 0.592. The number of ether oxygens (including phenoxy) is 6. The minimum absolute atomic E-state index is 0.0576. The SMILES string of the molecule is COc1cc([C@@H]2c3cc4c(cc3[C@@H](O)[C@@H](CO)[C@@H]2C(=O)OC(C)(C)C)OCO4)cc(OC)c1OC. The number of carbonyl (C=O) groups excluding carboxylic acids is 1. The van der Waals surface area contributed by atoms with E-state index < -0.39 is 42.0 Å². The minimum Gasteiger partial charge on any atom is -0.493 e. The number of methoxy groups -OCH3 is 3. The van der Waals surface area contributed by atoms with Gasteiger partial charge in [0, 0.05) is 18.4 Å². The molecule has 9 heteroatoms. The van der Waals surface area contributed by atoms with Crippen molar-refractivity contribution in [1.29, 1.82) is 0 Å². The maximum atomic E-state index is 13.6. The molecule has 4 atom stereocenters. The average Bonchev–Trinajstić information content (AvgIpc) is 3.28. The zero-order valence-corrected chi connectivity index (χ0v) is 20.8. The molecular weight excluding hydrogens is 456 g/mol. The molecule has 190 valence electrons. The molecule has 1 aliphatic heterocycles. The second kappa shape index (κ2) is 9.47. The lowest BCUT2D eigenvalue weighted by Gasteiger charge is -2.41. The highest BCUT2D eigenvalue weighted by atomic mass is 16.7. The predicted molar refractivity (Wildman–Crippen MR) is 125 cm³/mol. The van der Waals surface area contributed by atoms with Crippen molar-refractivity contribution in [2.24, 2.45) is 11.8 Å². The first-order valence-electron chi connectivity index (χ1n) is 11.4. The van der Waals surface area contributed by atoms with E-state index in [4.69, 9.17) is 28.4 Å². The Balaban J connectivity index is 1.98. The highest BCUT2D eigenvalue weighted by Crippen LogP contribution is 2.54. The molecule has 0 radical (unpaired) electrons. The summed E-state index contributed by atoms with van der Waals surface area (Å²) in [7, 11) is 4.54. The molecule has 4 rings (SSSR count). The summed E-state index contributed by atoms with van der Waals surface area (Å²) in [6.07, 6.45) is -1.12. The summed E-state index contributed by atoms with van der Waals surface area (Å²) in [5.74, 6) is -0.642. The molecule has 2 N–H and O–H groups in total. The Morgan fingerprint density at radius 2 is 1.54 bits per heavy atom. The standard InChI is InChI=1S/C26H32O9/c1-26(2,3)35-25(29)22-16(11-27)23(28)15-10-18-17(33-12-34-18)9-14(15)21(22)13-7-19(30-4)24(32-6)20(8-13)31-5/h7-10,16,21-23,27-28H,11-12H2,1-6H3/t16-,21+,22-,23+/m0/s1. The first-order valence-corrected chi connectivity index (χ1v) is 11.4. The minimum atomic E-state index is -1.12. The van der Waals surface area contributed by atoms with E-state index in [1.807, 2.05) is 0 Å². The topological polar surface area (TPSA) is 113 Å². The van der Waals surface area contributed by atoms with Crippen LogP contribution in [0.25, 0.3) is 0 Å². The highest BCUT2D eigenvalue weighted by molar-refractivity contribution is 5.77. The van der Waals surface area contributed by atoms with Crippen molar-refractivity contribution in [2.45, 2.75) is 38.4 Å². The summed E-state index contributed by atoms with van der Waals surface area (Å²) in [6.45, 7) is 4.96. The van der Waals surface area contributed by atoms with Crippen LogP contribution in [0.5, 0.6) is 28.7 Å². The number of fused-ring (bicyclic) bond motifs is 2. The van der Waals surface area contributed by atoms with Gasteiger partial charge in [-0.15, -0.1) is 0 Å². The maximum absolute atomic E-state index is 13.6. The third-order valence-electron chi connectivity index (χ3n) is 6.39. The Kier molecular flexibility index (Phi) is 6.75. The normalized spacial score (nSPS) is 22.9. The van der Waals surface area contributed by atoms with Crippen LogP contribution in [-0.4, -0.2) is 56.5 Å². The average molecular weight is 489 g/mol. The lowest BCUT2D eigenvalue weighted by molar-refractivity contribution is -0.166. The molecular formula is C26H32O9. The van der Waals surface area contributed by atoms with Crippen LogP contribution >= 0.6 is 0 Å². The molecule has 2 aromatic carbocycles. The molecule has 9 nitrogen and oxygen atoms in total. The Morgan fingerprint density at radius 1 is 0.971 bits per heavy atom. The summed E-state index contributed by atoms with van der Waals surface area (Å²) in [4.78, 5) is 13.6. The van der Waals surface area contributed by atoms with E-state index in [0.717, 1.165) is 0 Å². The highest BCUT2D eigenvalue weighted by Gasteiger charge is 2.49. The number of carbonyl (C=O) groups is 1. The van der Waals surface area contributed by atoms with Gasteiger partial charge in [-0.2, -0.15) is 0 Å². The second-order valence-corrected chi connectivity index (χ2v) is 9.62. The fourth-order valence-electron chi connectivity index (χ4n) is 4.93. The van der Waals surface area contributed by atoms with Crippen molar-refractivity contribution in [3.63, 3.8) is 0 Å². The molecule has 1 aliphatic carbocycles. The molecule has 0 fully saturated rings. The number of esters is 1. The Morgan fingerprint density at radius 3 is 2.03 bits per heavy atom. The van der Waals surface area contributed by atoms with Gasteiger partial charge in [0.2, 0.25) is 12.5 Å². The molecule has 1 heterocycles. The zero-order chi connectivity index (χ0) is 25.5. The summed E-state index contributed by atoms with van der Waals surface area (Å²) in [5, 5.41) is 21.6. The van der Waals surface area contributed by atoms with Crippen molar-refractivity contribution in [3.05, 3.63) is 41.0 Å². The van der Waals surface area contributed by atoms with E-state index in [1.165, 1.54) is 21.3 Å². The van der Waals surface area contributed by atoms with Crippen molar-refractivity contribution in [1.82, 2.24) is 0 Å². The fourth-order valence-corrected chi connectivity index (χ4v) is 4.93. The summed E-state index contributed by atoms with van der Waals surface area (Å²) in [5.41, 5.74) is 1.11. The molecule has 0 unspecified atom stereocenters. The Hall–Kier alpha value is -3.17. The van der Waals surface area contributed by atoms with Gasteiger partial charge in [0.15, 0.2) is 23.0 Å². The van der Waals surface area contributed by atoms with Crippen molar-refractivity contribution < 1.29 is 43.4 Å². The molecule has 0 amide bonds. The van der Waals surface area contributed by atoms with Crippen LogP contribution in [0.2, 0.25) is 0 Å². The zero-order valence-electron chi connectivity index (χ0n) is 20.8. The van der Waals surface area contributed by atoms with E-state index >= 15 is 0 Å². The van der Waals surface area contributed by atoms with Crippen LogP contribution in [0.4, 0.5) is 0 Å². The number of hydrogen-bond donors (Lipinski definition) is 2. The number of hydrogen-bond acceptors (Lipinski definition) is 9. The first kappa shape index (κ1) is 24.9. The van der Waals surface area contributed by atoms with Crippen LogP contribution in [-0.2, 0) is 9.53 Å². The Bertz CT molecular complexity index is 1080. The van der Waals surface area contributed by atoms with E-state index in [-0.39, 0.29) is 6.79 Å². The molecule has 0 bridgehead atoms. The van der Waals surface area contributed by atoms with Crippen molar-refractivity contribution in [2.75, 3.05) is 34.7 Å². The molecule has 2 aliphatic rings. The lowest BCUT2D eigenvalue weighted by atomic mass is 9.65. The first-order chi connectivity index (χ1) is 16.6. The van der Waals surface area contributed by atoms with Crippen LogP contribution in [0.1, 0.15) is 49.5 Å². The third-order valence-corrected chi connectivity index (χ3v) is 6.39. The summed E-state index contributed by atoms with van der Waals surface area (Å²) >= 11 is 0. The second-order valence-electron chi connectivity index (χ2n) is 9.62. The van der Waals surface area contributed by atoms with Crippen LogP contribution in [0, 0.1) is 11.8 Å². The molecule has 35 heavy (non-hydrogen) atoms. The van der Waals surface area contributed by atoms with Gasteiger partial charge in [-0.05, 0) is 61.7 Å². The number of rotatable bonds is 6.